The maximum Gasteiger partial charge on any atom is 0.0632 e. The van der Waals surface area contributed by atoms with Crippen LogP contribution in [0.3, 0.4) is 0 Å². The first-order valence-corrected chi connectivity index (χ1v) is 3.00. The topological polar surface area (TPSA) is 58.3 Å². The fourth-order valence-corrected chi connectivity index (χ4v) is 0.812. The molecule has 0 atom stereocenters. The highest BCUT2D eigenvalue weighted by molar-refractivity contribution is 5.56. The Kier molecular flexibility index (Phi) is 1.78. The zero-order chi connectivity index (χ0) is 7.56. The van der Waals surface area contributed by atoms with Crippen LogP contribution < -0.4 is 11.2 Å². The van der Waals surface area contributed by atoms with Crippen molar-refractivity contribution in [1.29, 1.82) is 0 Å². The van der Waals surface area contributed by atoms with Crippen molar-refractivity contribution < 1.29 is 5.21 Å². The first kappa shape index (κ1) is 6.89. The van der Waals surface area contributed by atoms with Crippen molar-refractivity contribution in [2.75, 3.05) is 11.2 Å². The number of anilines is 2. The Labute approximate surface area is 59.4 Å². The molecule has 0 heterocycles. The highest BCUT2D eigenvalue weighted by Gasteiger charge is 1.94. The fourth-order valence-electron chi connectivity index (χ4n) is 0.812. The molecule has 0 saturated carbocycles. The quantitative estimate of drug-likeness (QED) is 0.406. The molecule has 0 aliphatic heterocycles. The summed E-state index contributed by atoms with van der Waals surface area (Å²) in [7, 11) is 0. The molecule has 0 spiro atoms. The van der Waals surface area contributed by atoms with Gasteiger partial charge < -0.3 is 5.73 Å². The molecular weight excluding hydrogens is 128 g/mol. The number of nitrogen functional groups attached to an aromatic ring is 1. The van der Waals surface area contributed by atoms with E-state index in [1.807, 2.05) is 6.92 Å². The van der Waals surface area contributed by atoms with Crippen molar-refractivity contribution >= 4 is 11.4 Å². The molecular formula is C7H10N2O. The summed E-state index contributed by atoms with van der Waals surface area (Å²) in [6, 6.07) is 5.24. The third kappa shape index (κ3) is 1.19. The van der Waals surface area contributed by atoms with Gasteiger partial charge in [-0.25, -0.2) is 0 Å². The Morgan fingerprint density at radius 2 is 2.20 bits per heavy atom. The third-order valence-corrected chi connectivity index (χ3v) is 1.37. The average molecular weight is 138 g/mol. The number of hydrogen-bond donors (Lipinski definition) is 3. The van der Waals surface area contributed by atoms with Crippen molar-refractivity contribution in [1.82, 2.24) is 0 Å². The van der Waals surface area contributed by atoms with Gasteiger partial charge in [-0.1, -0.05) is 0 Å². The molecule has 0 unspecified atom stereocenters. The van der Waals surface area contributed by atoms with Crippen LogP contribution in [0.4, 0.5) is 11.4 Å². The summed E-state index contributed by atoms with van der Waals surface area (Å²) in [6.07, 6.45) is 0. The van der Waals surface area contributed by atoms with Crippen LogP contribution in [0, 0.1) is 6.92 Å². The molecule has 3 heteroatoms. The minimum atomic E-state index is 0.689. The van der Waals surface area contributed by atoms with E-state index in [0.29, 0.717) is 11.4 Å². The van der Waals surface area contributed by atoms with Crippen LogP contribution in [-0.2, 0) is 0 Å². The normalized spacial score (nSPS) is 9.40. The second-order valence-electron chi connectivity index (χ2n) is 2.19. The monoisotopic (exact) mass is 138 g/mol. The lowest BCUT2D eigenvalue weighted by Crippen LogP contribution is -1.93. The molecule has 0 fully saturated rings. The predicted molar refractivity (Wildman–Crippen MR) is 41.0 cm³/mol. The summed E-state index contributed by atoms with van der Waals surface area (Å²) in [5, 5.41) is 8.52. The van der Waals surface area contributed by atoms with Gasteiger partial charge in [0, 0.05) is 5.69 Å². The zero-order valence-corrected chi connectivity index (χ0v) is 5.76. The number of hydrogen-bond acceptors (Lipinski definition) is 3. The van der Waals surface area contributed by atoms with Crippen LogP contribution in [0.2, 0.25) is 0 Å². The molecule has 0 aliphatic carbocycles. The minimum Gasteiger partial charge on any atom is -0.399 e. The summed E-state index contributed by atoms with van der Waals surface area (Å²) in [5.41, 5.74) is 9.87. The van der Waals surface area contributed by atoms with Gasteiger partial charge in [0.1, 0.15) is 0 Å². The third-order valence-electron chi connectivity index (χ3n) is 1.37. The van der Waals surface area contributed by atoms with Crippen molar-refractivity contribution in [2.24, 2.45) is 0 Å². The highest BCUT2D eigenvalue weighted by Crippen LogP contribution is 2.16. The van der Waals surface area contributed by atoms with Gasteiger partial charge in [-0.15, -0.1) is 0 Å². The number of nitrogens with one attached hydrogen (secondary N) is 1. The van der Waals surface area contributed by atoms with E-state index in [0.717, 1.165) is 5.56 Å². The Hall–Kier alpha value is -1.22. The van der Waals surface area contributed by atoms with Crippen LogP contribution in [0.25, 0.3) is 0 Å². The summed E-state index contributed by atoms with van der Waals surface area (Å²) >= 11 is 0. The van der Waals surface area contributed by atoms with Gasteiger partial charge in [0.25, 0.3) is 0 Å². The van der Waals surface area contributed by atoms with Gasteiger partial charge in [0.15, 0.2) is 0 Å². The molecule has 0 amide bonds. The molecule has 10 heavy (non-hydrogen) atoms. The lowest BCUT2D eigenvalue weighted by molar-refractivity contribution is 0.388. The van der Waals surface area contributed by atoms with Gasteiger partial charge in [-0.2, -0.15) is 0 Å². The van der Waals surface area contributed by atoms with Gasteiger partial charge in [0.05, 0.1) is 5.69 Å². The maximum atomic E-state index is 8.52. The second-order valence-corrected chi connectivity index (χ2v) is 2.19. The molecule has 0 aliphatic rings. The average Bonchev–Trinajstić information content (AvgIpc) is 1.88. The molecule has 3 nitrogen and oxygen atoms in total. The van der Waals surface area contributed by atoms with E-state index in [9.17, 15) is 0 Å². The Morgan fingerprint density at radius 1 is 1.50 bits per heavy atom. The predicted octanol–water partition coefficient (Wildman–Crippen LogP) is 1.38. The van der Waals surface area contributed by atoms with E-state index < -0.39 is 0 Å². The lowest BCUT2D eigenvalue weighted by Gasteiger charge is -2.02. The van der Waals surface area contributed by atoms with Crippen molar-refractivity contribution in [2.45, 2.75) is 6.92 Å². The number of rotatable bonds is 1. The molecule has 1 aromatic carbocycles. The van der Waals surface area contributed by atoms with Gasteiger partial charge >= 0.3 is 0 Å². The summed E-state index contributed by atoms with van der Waals surface area (Å²) in [5.74, 6) is 0. The smallest absolute Gasteiger partial charge is 0.0632 e. The second kappa shape index (κ2) is 2.58. The fraction of sp³-hybridized carbons (Fsp3) is 0.143. The van der Waals surface area contributed by atoms with Crippen LogP contribution in [0.1, 0.15) is 5.56 Å². The van der Waals surface area contributed by atoms with E-state index in [-0.39, 0.29) is 0 Å². The maximum absolute atomic E-state index is 8.52. The molecule has 0 bridgehead atoms. The van der Waals surface area contributed by atoms with E-state index >= 15 is 0 Å². The van der Waals surface area contributed by atoms with Crippen molar-refractivity contribution in [3.8, 4) is 0 Å². The molecule has 0 saturated heterocycles. The summed E-state index contributed by atoms with van der Waals surface area (Å²) < 4.78 is 0. The van der Waals surface area contributed by atoms with Crippen LogP contribution >= 0.6 is 0 Å². The number of benzene rings is 1. The largest absolute Gasteiger partial charge is 0.399 e. The van der Waals surface area contributed by atoms with Crippen molar-refractivity contribution in [3.05, 3.63) is 23.8 Å². The first-order chi connectivity index (χ1) is 4.74. The molecule has 1 rings (SSSR count). The first-order valence-electron chi connectivity index (χ1n) is 3.00. The molecule has 0 radical (unpaired) electrons. The minimum absolute atomic E-state index is 0.689. The van der Waals surface area contributed by atoms with Gasteiger partial charge in [-0.3, -0.25) is 10.7 Å². The lowest BCUT2D eigenvalue weighted by atomic mass is 10.2. The van der Waals surface area contributed by atoms with Gasteiger partial charge in [0.2, 0.25) is 0 Å². The molecule has 0 aromatic heterocycles. The number of aryl methyl sites for hydroxylation is 1. The Bertz CT molecular complexity index is 235. The Morgan fingerprint density at radius 3 is 2.70 bits per heavy atom. The highest BCUT2D eigenvalue weighted by atomic mass is 16.5. The van der Waals surface area contributed by atoms with E-state index in [2.05, 4.69) is 5.48 Å². The zero-order valence-electron chi connectivity index (χ0n) is 5.76. The SMILES string of the molecule is Cc1cc(N)ccc1NO. The van der Waals surface area contributed by atoms with Crippen molar-refractivity contribution in [3.63, 3.8) is 0 Å². The van der Waals surface area contributed by atoms with E-state index in [1.54, 1.807) is 18.2 Å². The molecule has 4 N–H and O–H groups in total. The molecule has 1 aromatic rings. The summed E-state index contributed by atoms with van der Waals surface area (Å²) in [4.78, 5) is 0. The summed E-state index contributed by atoms with van der Waals surface area (Å²) in [6.45, 7) is 1.87. The van der Waals surface area contributed by atoms with E-state index in [4.69, 9.17) is 10.9 Å². The van der Waals surface area contributed by atoms with Crippen LogP contribution in [0.15, 0.2) is 18.2 Å². The van der Waals surface area contributed by atoms with Gasteiger partial charge in [-0.05, 0) is 30.7 Å². The molecule has 54 valence electrons. The number of nitrogens with two attached hydrogens (primary N) is 1. The standard InChI is InChI=1S/C7H10N2O/c1-5-4-6(8)2-3-7(5)9-10/h2-4,9-10H,8H2,1H3. The van der Waals surface area contributed by atoms with E-state index in [1.165, 1.54) is 0 Å². The van der Waals surface area contributed by atoms with Crippen LogP contribution in [0.5, 0.6) is 0 Å². The van der Waals surface area contributed by atoms with Crippen LogP contribution in [-0.4, -0.2) is 5.21 Å². The Balaban J connectivity index is 3.07.